The van der Waals surface area contributed by atoms with Crippen LogP contribution in [0.5, 0.6) is 0 Å². The third-order valence-electron chi connectivity index (χ3n) is 3.67. The highest BCUT2D eigenvalue weighted by atomic mass is 19.1. The Bertz CT molecular complexity index is 388. The number of amides is 1. The van der Waals surface area contributed by atoms with E-state index in [-0.39, 0.29) is 11.7 Å². The predicted molar refractivity (Wildman–Crippen MR) is 65.2 cm³/mol. The molecule has 2 rings (SSSR count). The lowest BCUT2D eigenvalue weighted by Gasteiger charge is -2.15. The minimum Gasteiger partial charge on any atom is -0.352 e. The zero-order valence-corrected chi connectivity index (χ0v) is 10.1. The Labute approximate surface area is 101 Å². The van der Waals surface area contributed by atoms with Gasteiger partial charge in [0.15, 0.2) is 0 Å². The van der Waals surface area contributed by atoms with Crippen LogP contribution >= 0.6 is 0 Å². The van der Waals surface area contributed by atoms with Gasteiger partial charge in [0.05, 0.1) is 0 Å². The smallest absolute Gasteiger partial charge is 0.251 e. The number of rotatable bonds is 3. The molecular formula is C14H18FNO. The van der Waals surface area contributed by atoms with Gasteiger partial charge in [0, 0.05) is 12.1 Å². The number of hydrogen-bond donors (Lipinski definition) is 1. The van der Waals surface area contributed by atoms with E-state index in [1.807, 2.05) is 0 Å². The van der Waals surface area contributed by atoms with Crippen molar-refractivity contribution >= 4 is 5.91 Å². The first-order chi connectivity index (χ1) is 8.16. The third-order valence-corrected chi connectivity index (χ3v) is 3.67. The van der Waals surface area contributed by atoms with Crippen molar-refractivity contribution in [3.05, 3.63) is 35.6 Å². The summed E-state index contributed by atoms with van der Waals surface area (Å²) in [5.41, 5.74) is 0.525. The number of nitrogens with one attached hydrogen (secondary N) is 1. The molecule has 1 aromatic carbocycles. The monoisotopic (exact) mass is 235 g/mol. The largest absolute Gasteiger partial charge is 0.352 e. The Kier molecular flexibility index (Phi) is 3.77. The Hall–Kier alpha value is -1.38. The number of hydrogen-bond acceptors (Lipinski definition) is 1. The van der Waals surface area contributed by atoms with Gasteiger partial charge in [-0.1, -0.05) is 19.8 Å². The third kappa shape index (κ3) is 3.05. The average molecular weight is 235 g/mol. The maximum Gasteiger partial charge on any atom is 0.251 e. The molecule has 2 unspecified atom stereocenters. The van der Waals surface area contributed by atoms with Crippen LogP contribution in [0, 0.1) is 17.7 Å². The first-order valence-corrected chi connectivity index (χ1v) is 6.20. The summed E-state index contributed by atoms with van der Waals surface area (Å²) in [6.45, 7) is 2.97. The Morgan fingerprint density at radius 2 is 2.06 bits per heavy atom. The highest BCUT2D eigenvalue weighted by Crippen LogP contribution is 2.30. The molecule has 1 saturated carbocycles. The van der Waals surface area contributed by atoms with E-state index in [9.17, 15) is 9.18 Å². The van der Waals surface area contributed by atoms with Gasteiger partial charge in [-0.15, -0.1) is 0 Å². The molecule has 1 N–H and O–H groups in total. The van der Waals surface area contributed by atoms with Crippen molar-refractivity contribution in [1.82, 2.24) is 5.32 Å². The molecule has 0 radical (unpaired) electrons. The summed E-state index contributed by atoms with van der Waals surface area (Å²) in [6, 6.07) is 5.66. The van der Waals surface area contributed by atoms with Crippen LogP contribution in [0.3, 0.4) is 0 Å². The van der Waals surface area contributed by atoms with Crippen LogP contribution in [0.1, 0.15) is 36.5 Å². The molecule has 0 heterocycles. The molecule has 2 atom stereocenters. The minimum atomic E-state index is -0.314. The first kappa shape index (κ1) is 12.1. The molecule has 92 valence electrons. The molecule has 2 nitrogen and oxygen atoms in total. The summed E-state index contributed by atoms with van der Waals surface area (Å²) in [5, 5.41) is 2.93. The van der Waals surface area contributed by atoms with Crippen LogP contribution in [-0.4, -0.2) is 12.5 Å². The Morgan fingerprint density at radius 1 is 1.35 bits per heavy atom. The maximum atomic E-state index is 12.7. The van der Waals surface area contributed by atoms with Gasteiger partial charge in [0.1, 0.15) is 5.82 Å². The van der Waals surface area contributed by atoms with Gasteiger partial charge in [-0.2, -0.15) is 0 Å². The van der Waals surface area contributed by atoms with Crippen molar-refractivity contribution in [2.45, 2.75) is 26.2 Å². The highest BCUT2D eigenvalue weighted by molar-refractivity contribution is 5.94. The van der Waals surface area contributed by atoms with E-state index in [2.05, 4.69) is 12.2 Å². The van der Waals surface area contributed by atoms with E-state index < -0.39 is 0 Å². The molecule has 0 aromatic heterocycles. The summed E-state index contributed by atoms with van der Waals surface area (Å²) in [7, 11) is 0. The van der Waals surface area contributed by atoms with Crippen LogP contribution in [0.4, 0.5) is 4.39 Å². The van der Waals surface area contributed by atoms with E-state index in [1.165, 1.54) is 43.5 Å². The lowest BCUT2D eigenvalue weighted by molar-refractivity contribution is 0.0944. The zero-order chi connectivity index (χ0) is 12.3. The quantitative estimate of drug-likeness (QED) is 0.857. The number of carbonyl (C=O) groups is 1. The van der Waals surface area contributed by atoms with Gasteiger partial charge in [0.2, 0.25) is 0 Å². The lowest BCUT2D eigenvalue weighted by Crippen LogP contribution is -2.30. The van der Waals surface area contributed by atoms with Gasteiger partial charge in [-0.3, -0.25) is 4.79 Å². The molecule has 1 aliphatic rings. The fraction of sp³-hybridized carbons (Fsp3) is 0.500. The van der Waals surface area contributed by atoms with Crippen molar-refractivity contribution in [3.63, 3.8) is 0 Å². The van der Waals surface area contributed by atoms with Crippen LogP contribution in [0.25, 0.3) is 0 Å². The molecule has 3 heteroatoms. The molecule has 0 bridgehead atoms. The van der Waals surface area contributed by atoms with Gasteiger partial charge < -0.3 is 5.32 Å². The van der Waals surface area contributed by atoms with E-state index in [1.54, 1.807) is 0 Å². The average Bonchev–Trinajstić information content (AvgIpc) is 2.73. The first-order valence-electron chi connectivity index (χ1n) is 6.20. The number of benzene rings is 1. The van der Waals surface area contributed by atoms with Crippen molar-refractivity contribution in [2.24, 2.45) is 11.8 Å². The van der Waals surface area contributed by atoms with E-state index in [0.29, 0.717) is 17.4 Å². The standard InChI is InChI=1S/C14H18FNO/c1-10-3-2-4-12(10)9-16-14(17)11-5-7-13(15)8-6-11/h5-8,10,12H,2-4,9H2,1H3,(H,16,17). The predicted octanol–water partition coefficient (Wildman–Crippen LogP) is 2.99. The van der Waals surface area contributed by atoms with E-state index >= 15 is 0 Å². The minimum absolute atomic E-state index is 0.107. The topological polar surface area (TPSA) is 29.1 Å². The van der Waals surface area contributed by atoms with Crippen LogP contribution in [0.2, 0.25) is 0 Å². The van der Waals surface area contributed by atoms with Crippen molar-refractivity contribution in [1.29, 1.82) is 0 Å². The molecular weight excluding hydrogens is 217 g/mol. The summed E-state index contributed by atoms with van der Waals surface area (Å²) < 4.78 is 12.7. The molecule has 0 spiro atoms. The number of carbonyl (C=O) groups excluding carboxylic acids is 1. The second-order valence-corrected chi connectivity index (χ2v) is 4.89. The van der Waals surface area contributed by atoms with Crippen molar-refractivity contribution < 1.29 is 9.18 Å². The summed E-state index contributed by atoms with van der Waals surface area (Å²) >= 11 is 0. The summed E-state index contributed by atoms with van der Waals surface area (Å²) in [6.07, 6.45) is 3.72. The number of halogens is 1. The van der Waals surface area contributed by atoms with E-state index in [0.717, 1.165) is 6.54 Å². The Balaban J connectivity index is 1.87. The molecule has 1 amide bonds. The molecule has 0 saturated heterocycles. The fourth-order valence-electron chi connectivity index (χ4n) is 2.45. The molecule has 1 fully saturated rings. The van der Waals surface area contributed by atoms with Crippen LogP contribution < -0.4 is 5.32 Å². The Morgan fingerprint density at radius 3 is 2.65 bits per heavy atom. The SMILES string of the molecule is CC1CCCC1CNC(=O)c1ccc(F)cc1. The van der Waals surface area contributed by atoms with Gasteiger partial charge >= 0.3 is 0 Å². The van der Waals surface area contributed by atoms with Gasteiger partial charge in [-0.05, 0) is 42.5 Å². The van der Waals surface area contributed by atoms with Gasteiger partial charge in [0.25, 0.3) is 5.91 Å². The molecule has 1 aliphatic carbocycles. The summed E-state index contributed by atoms with van der Waals surface area (Å²) in [4.78, 5) is 11.8. The lowest BCUT2D eigenvalue weighted by atomic mass is 9.98. The zero-order valence-electron chi connectivity index (χ0n) is 10.1. The second-order valence-electron chi connectivity index (χ2n) is 4.89. The van der Waals surface area contributed by atoms with Crippen molar-refractivity contribution in [3.8, 4) is 0 Å². The van der Waals surface area contributed by atoms with Crippen LogP contribution in [-0.2, 0) is 0 Å². The molecule has 17 heavy (non-hydrogen) atoms. The summed E-state index contributed by atoms with van der Waals surface area (Å²) in [5.74, 6) is 0.873. The maximum absolute atomic E-state index is 12.7. The highest BCUT2D eigenvalue weighted by Gasteiger charge is 2.23. The van der Waals surface area contributed by atoms with Crippen LogP contribution in [0.15, 0.2) is 24.3 Å². The second kappa shape index (κ2) is 5.30. The van der Waals surface area contributed by atoms with Crippen molar-refractivity contribution in [2.75, 3.05) is 6.54 Å². The molecule has 0 aliphatic heterocycles. The normalized spacial score (nSPS) is 23.6. The fourth-order valence-corrected chi connectivity index (χ4v) is 2.45. The van der Waals surface area contributed by atoms with E-state index in [4.69, 9.17) is 0 Å². The van der Waals surface area contributed by atoms with Gasteiger partial charge in [-0.25, -0.2) is 4.39 Å². The molecule has 1 aromatic rings.